The number of benzene rings is 1. The van der Waals surface area contributed by atoms with Crippen LogP contribution in [-0.2, 0) is 6.42 Å². The van der Waals surface area contributed by atoms with Crippen molar-refractivity contribution in [2.24, 2.45) is 0 Å². The van der Waals surface area contributed by atoms with Crippen molar-refractivity contribution in [3.05, 3.63) is 35.4 Å². The third kappa shape index (κ3) is 1.14. The Kier molecular flexibility index (Phi) is 1.89. The van der Waals surface area contributed by atoms with Gasteiger partial charge in [-0.1, -0.05) is 31.2 Å². The Hall–Kier alpha value is -0.820. The quantitative estimate of drug-likeness (QED) is 0.619. The SMILES string of the molecule is C[C@@H]1c2ccccc2CC[C@H]1O. The summed E-state index contributed by atoms with van der Waals surface area (Å²) >= 11 is 0. The van der Waals surface area contributed by atoms with Gasteiger partial charge in [-0.25, -0.2) is 0 Å². The van der Waals surface area contributed by atoms with E-state index in [4.69, 9.17) is 0 Å². The highest BCUT2D eigenvalue weighted by Crippen LogP contribution is 2.30. The van der Waals surface area contributed by atoms with Crippen LogP contribution in [0.1, 0.15) is 30.4 Å². The fourth-order valence-corrected chi connectivity index (χ4v) is 1.97. The zero-order valence-electron chi connectivity index (χ0n) is 7.33. The lowest BCUT2D eigenvalue weighted by molar-refractivity contribution is 0.132. The van der Waals surface area contributed by atoms with Crippen LogP contribution in [0.5, 0.6) is 0 Å². The molecule has 1 N–H and O–H groups in total. The lowest BCUT2D eigenvalue weighted by atomic mass is 9.82. The molecule has 0 saturated heterocycles. The van der Waals surface area contributed by atoms with Crippen molar-refractivity contribution in [3.8, 4) is 0 Å². The second-order valence-electron chi connectivity index (χ2n) is 3.59. The maximum absolute atomic E-state index is 9.62. The van der Waals surface area contributed by atoms with Crippen molar-refractivity contribution in [1.82, 2.24) is 0 Å². The Morgan fingerprint density at radius 2 is 2.08 bits per heavy atom. The Morgan fingerprint density at radius 1 is 1.33 bits per heavy atom. The molecule has 1 nitrogen and oxygen atoms in total. The summed E-state index contributed by atoms with van der Waals surface area (Å²) in [5.74, 6) is 0.315. The van der Waals surface area contributed by atoms with Gasteiger partial charge in [-0.2, -0.15) is 0 Å². The zero-order chi connectivity index (χ0) is 8.55. The van der Waals surface area contributed by atoms with Crippen molar-refractivity contribution in [2.75, 3.05) is 0 Å². The van der Waals surface area contributed by atoms with Crippen LogP contribution in [-0.4, -0.2) is 11.2 Å². The maximum atomic E-state index is 9.62. The summed E-state index contributed by atoms with van der Waals surface area (Å²) in [4.78, 5) is 0. The van der Waals surface area contributed by atoms with Crippen LogP contribution >= 0.6 is 0 Å². The van der Waals surface area contributed by atoms with E-state index >= 15 is 0 Å². The highest BCUT2D eigenvalue weighted by Gasteiger charge is 2.23. The van der Waals surface area contributed by atoms with Gasteiger partial charge < -0.3 is 5.11 Å². The van der Waals surface area contributed by atoms with Crippen molar-refractivity contribution in [1.29, 1.82) is 0 Å². The van der Waals surface area contributed by atoms with Crippen LogP contribution in [0.3, 0.4) is 0 Å². The van der Waals surface area contributed by atoms with E-state index in [1.54, 1.807) is 0 Å². The summed E-state index contributed by atoms with van der Waals surface area (Å²) in [5.41, 5.74) is 2.74. The second kappa shape index (κ2) is 2.91. The molecule has 1 aliphatic carbocycles. The van der Waals surface area contributed by atoms with E-state index in [-0.39, 0.29) is 6.10 Å². The summed E-state index contributed by atoms with van der Waals surface area (Å²) in [6.07, 6.45) is 1.81. The average Bonchev–Trinajstić information content (AvgIpc) is 2.12. The molecule has 0 radical (unpaired) electrons. The van der Waals surface area contributed by atoms with Crippen molar-refractivity contribution in [2.45, 2.75) is 31.8 Å². The molecule has 0 saturated carbocycles. The molecule has 0 unspecified atom stereocenters. The Balaban J connectivity index is 2.42. The van der Waals surface area contributed by atoms with E-state index in [0.717, 1.165) is 12.8 Å². The molecule has 0 aromatic heterocycles. The standard InChI is InChI=1S/C11H14O/c1-8-10-5-3-2-4-9(10)6-7-11(8)12/h2-5,8,11-12H,6-7H2,1H3/t8-,11-/m1/s1. The summed E-state index contributed by atoms with van der Waals surface area (Å²) < 4.78 is 0. The van der Waals surface area contributed by atoms with E-state index in [1.165, 1.54) is 11.1 Å². The van der Waals surface area contributed by atoms with Gasteiger partial charge in [0.25, 0.3) is 0 Å². The summed E-state index contributed by atoms with van der Waals surface area (Å²) in [6, 6.07) is 8.41. The van der Waals surface area contributed by atoms with Crippen molar-refractivity contribution < 1.29 is 5.11 Å². The van der Waals surface area contributed by atoms with Crippen molar-refractivity contribution >= 4 is 0 Å². The van der Waals surface area contributed by atoms with E-state index in [2.05, 4.69) is 25.1 Å². The zero-order valence-corrected chi connectivity index (χ0v) is 7.33. The molecule has 12 heavy (non-hydrogen) atoms. The van der Waals surface area contributed by atoms with Gasteiger partial charge >= 0.3 is 0 Å². The van der Waals surface area contributed by atoms with Gasteiger partial charge in [0.15, 0.2) is 0 Å². The van der Waals surface area contributed by atoms with Crippen LogP contribution in [0, 0.1) is 0 Å². The summed E-state index contributed by atoms with van der Waals surface area (Å²) in [5, 5.41) is 9.62. The number of fused-ring (bicyclic) bond motifs is 1. The van der Waals surface area contributed by atoms with Crippen LogP contribution in [0.15, 0.2) is 24.3 Å². The molecule has 1 aromatic rings. The lowest BCUT2D eigenvalue weighted by Crippen LogP contribution is -2.22. The molecular weight excluding hydrogens is 148 g/mol. The first-order valence-corrected chi connectivity index (χ1v) is 4.55. The Morgan fingerprint density at radius 3 is 2.92 bits per heavy atom. The average molecular weight is 162 g/mol. The van der Waals surface area contributed by atoms with Crippen LogP contribution in [0.4, 0.5) is 0 Å². The molecule has 0 spiro atoms. The first kappa shape index (κ1) is 7.81. The maximum Gasteiger partial charge on any atom is 0.0609 e. The topological polar surface area (TPSA) is 20.2 Å². The minimum Gasteiger partial charge on any atom is -0.392 e. The predicted octanol–water partition coefficient (Wildman–Crippen LogP) is 2.10. The first-order chi connectivity index (χ1) is 5.79. The molecule has 0 heterocycles. The molecule has 0 fully saturated rings. The molecule has 0 aliphatic heterocycles. The molecule has 0 amide bonds. The van der Waals surface area contributed by atoms with Gasteiger partial charge in [-0.05, 0) is 24.0 Å². The van der Waals surface area contributed by atoms with Crippen molar-refractivity contribution in [3.63, 3.8) is 0 Å². The number of aliphatic hydroxyl groups is 1. The molecular formula is C11H14O. The molecule has 1 heteroatoms. The van der Waals surface area contributed by atoms with Crippen LogP contribution in [0.2, 0.25) is 0 Å². The minimum absolute atomic E-state index is 0.139. The second-order valence-corrected chi connectivity index (χ2v) is 3.59. The largest absolute Gasteiger partial charge is 0.392 e. The van der Waals surface area contributed by atoms with Crippen LogP contribution in [0.25, 0.3) is 0 Å². The highest BCUT2D eigenvalue weighted by atomic mass is 16.3. The van der Waals surface area contributed by atoms with Crippen LogP contribution < -0.4 is 0 Å². The van der Waals surface area contributed by atoms with Gasteiger partial charge in [0.2, 0.25) is 0 Å². The number of hydrogen-bond acceptors (Lipinski definition) is 1. The molecule has 0 bridgehead atoms. The summed E-state index contributed by atoms with van der Waals surface area (Å²) in [7, 11) is 0. The van der Waals surface area contributed by atoms with E-state index in [1.807, 2.05) is 6.07 Å². The number of aliphatic hydroxyl groups excluding tert-OH is 1. The fraction of sp³-hybridized carbons (Fsp3) is 0.455. The Labute approximate surface area is 73.0 Å². The van der Waals surface area contributed by atoms with Gasteiger partial charge in [0.05, 0.1) is 6.10 Å². The Bertz CT molecular complexity index is 280. The monoisotopic (exact) mass is 162 g/mol. The van der Waals surface area contributed by atoms with E-state index in [0.29, 0.717) is 5.92 Å². The molecule has 1 aliphatic rings. The minimum atomic E-state index is -0.139. The number of aryl methyl sites for hydroxylation is 1. The van der Waals surface area contributed by atoms with E-state index < -0.39 is 0 Å². The fourth-order valence-electron chi connectivity index (χ4n) is 1.97. The number of hydrogen-bond donors (Lipinski definition) is 1. The number of rotatable bonds is 0. The molecule has 64 valence electrons. The van der Waals surface area contributed by atoms with Gasteiger partial charge in [-0.15, -0.1) is 0 Å². The molecule has 2 rings (SSSR count). The normalized spacial score (nSPS) is 28.2. The first-order valence-electron chi connectivity index (χ1n) is 4.55. The van der Waals surface area contributed by atoms with Gasteiger partial charge in [0, 0.05) is 5.92 Å². The molecule has 2 atom stereocenters. The smallest absolute Gasteiger partial charge is 0.0609 e. The third-order valence-electron chi connectivity index (χ3n) is 2.83. The highest BCUT2D eigenvalue weighted by molar-refractivity contribution is 5.33. The summed E-state index contributed by atoms with van der Waals surface area (Å²) in [6.45, 7) is 2.10. The van der Waals surface area contributed by atoms with Gasteiger partial charge in [-0.3, -0.25) is 0 Å². The van der Waals surface area contributed by atoms with Gasteiger partial charge in [0.1, 0.15) is 0 Å². The third-order valence-corrected chi connectivity index (χ3v) is 2.83. The predicted molar refractivity (Wildman–Crippen MR) is 49.2 cm³/mol. The van der Waals surface area contributed by atoms with E-state index in [9.17, 15) is 5.11 Å². The molecule has 1 aromatic carbocycles. The lowest BCUT2D eigenvalue weighted by Gasteiger charge is -2.27.